The van der Waals surface area contributed by atoms with Crippen LogP contribution in [0.4, 0.5) is 0 Å². The maximum Gasteiger partial charge on any atom is 0.224 e. The molecule has 2 atom stereocenters. The van der Waals surface area contributed by atoms with Crippen molar-refractivity contribution in [2.45, 2.75) is 18.9 Å². The molecule has 2 aromatic carbocycles. The SMILES string of the molecule is O=C(NCc1ccc(-n2ccnc2)cc1)C1CC1c1ccc(Cl)cc1. The zero-order chi connectivity index (χ0) is 17.2. The first-order chi connectivity index (χ1) is 12.2. The van der Waals surface area contributed by atoms with E-state index in [1.54, 1.807) is 12.5 Å². The first kappa shape index (κ1) is 15.9. The van der Waals surface area contributed by atoms with E-state index < -0.39 is 0 Å². The van der Waals surface area contributed by atoms with Crippen LogP contribution in [0.1, 0.15) is 23.5 Å². The summed E-state index contributed by atoms with van der Waals surface area (Å²) in [5, 5.41) is 3.77. The number of aromatic nitrogens is 2. The van der Waals surface area contributed by atoms with Crippen LogP contribution in [0.15, 0.2) is 67.3 Å². The Labute approximate surface area is 151 Å². The van der Waals surface area contributed by atoms with E-state index in [0.717, 1.165) is 22.7 Å². The molecule has 0 radical (unpaired) electrons. The van der Waals surface area contributed by atoms with Gasteiger partial charge in [0, 0.05) is 35.6 Å². The summed E-state index contributed by atoms with van der Waals surface area (Å²) in [5.41, 5.74) is 3.33. The van der Waals surface area contributed by atoms with E-state index in [1.807, 2.05) is 59.3 Å². The third kappa shape index (κ3) is 3.59. The fraction of sp³-hybridized carbons (Fsp3) is 0.200. The number of carbonyl (C=O) groups is 1. The fourth-order valence-corrected chi connectivity index (χ4v) is 3.21. The molecule has 4 nitrogen and oxygen atoms in total. The molecule has 126 valence electrons. The quantitative estimate of drug-likeness (QED) is 0.756. The Kier molecular flexibility index (Phi) is 4.28. The molecule has 1 N–H and O–H groups in total. The molecule has 1 aromatic heterocycles. The first-order valence-corrected chi connectivity index (χ1v) is 8.69. The smallest absolute Gasteiger partial charge is 0.224 e. The van der Waals surface area contributed by atoms with Crippen molar-refractivity contribution in [1.82, 2.24) is 14.9 Å². The maximum absolute atomic E-state index is 12.3. The molecule has 4 rings (SSSR count). The molecule has 2 unspecified atom stereocenters. The van der Waals surface area contributed by atoms with Gasteiger partial charge in [0.05, 0.1) is 6.33 Å². The lowest BCUT2D eigenvalue weighted by molar-refractivity contribution is -0.122. The van der Waals surface area contributed by atoms with E-state index in [4.69, 9.17) is 11.6 Å². The molecule has 25 heavy (non-hydrogen) atoms. The minimum atomic E-state index is 0.0754. The highest BCUT2D eigenvalue weighted by Gasteiger charge is 2.43. The van der Waals surface area contributed by atoms with Crippen LogP contribution in [-0.2, 0) is 11.3 Å². The second kappa shape index (κ2) is 6.73. The molecule has 1 aliphatic carbocycles. The van der Waals surface area contributed by atoms with Gasteiger partial charge in [0.15, 0.2) is 0 Å². The van der Waals surface area contributed by atoms with Crippen LogP contribution >= 0.6 is 11.6 Å². The number of halogens is 1. The molecule has 1 heterocycles. The number of carbonyl (C=O) groups excluding carboxylic acids is 1. The Hall–Kier alpha value is -2.59. The van der Waals surface area contributed by atoms with Gasteiger partial charge in [0.25, 0.3) is 0 Å². The van der Waals surface area contributed by atoms with Crippen molar-refractivity contribution < 1.29 is 4.79 Å². The number of benzene rings is 2. The molecular formula is C20H18ClN3O. The summed E-state index contributed by atoms with van der Waals surface area (Å²) in [4.78, 5) is 16.4. The minimum Gasteiger partial charge on any atom is -0.352 e. The summed E-state index contributed by atoms with van der Waals surface area (Å²) in [6.07, 6.45) is 6.33. The van der Waals surface area contributed by atoms with E-state index in [0.29, 0.717) is 12.5 Å². The number of amides is 1. The van der Waals surface area contributed by atoms with Crippen molar-refractivity contribution in [3.8, 4) is 5.69 Å². The highest BCUT2D eigenvalue weighted by atomic mass is 35.5. The van der Waals surface area contributed by atoms with Crippen molar-refractivity contribution in [1.29, 1.82) is 0 Å². The first-order valence-electron chi connectivity index (χ1n) is 8.31. The Morgan fingerprint density at radius 3 is 2.60 bits per heavy atom. The number of nitrogens with zero attached hydrogens (tertiary/aromatic N) is 2. The summed E-state index contributed by atoms with van der Waals surface area (Å²) >= 11 is 5.91. The molecule has 0 aliphatic heterocycles. The van der Waals surface area contributed by atoms with Crippen molar-refractivity contribution in [2.24, 2.45) is 5.92 Å². The molecular weight excluding hydrogens is 334 g/mol. The zero-order valence-corrected chi connectivity index (χ0v) is 14.4. The van der Waals surface area contributed by atoms with E-state index in [9.17, 15) is 4.79 Å². The van der Waals surface area contributed by atoms with E-state index >= 15 is 0 Å². The van der Waals surface area contributed by atoms with Crippen LogP contribution in [0, 0.1) is 5.92 Å². The van der Waals surface area contributed by atoms with Crippen molar-refractivity contribution >= 4 is 17.5 Å². The molecule has 0 spiro atoms. The second-order valence-electron chi connectivity index (χ2n) is 6.35. The number of hydrogen-bond donors (Lipinski definition) is 1. The molecule has 1 aliphatic rings. The summed E-state index contributed by atoms with van der Waals surface area (Å²) in [5.74, 6) is 0.519. The lowest BCUT2D eigenvalue weighted by Crippen LogP contribution is -2.24. The van der Waals surface area contributed by atoms with Gasteiger partial charge in [-0.3, -0.25) is 4.79 Å². The zero-order valence-electron chi connectivity index (χ0n) is 13.6. The topological polar surface area (TPSA) is 46.9 Å². The van der Waals surface area contributed by atoms with Crippen LogP contribution in [0.5, 0.6) is 0 Å². The Bertz CT molecular complexity index is 857. The molecule has 1 amide bonds. The van der Waals surface area contributed by atoms with Gasteiger partial charge in [-0.15, -0.1) is 0 Å². The van der Waals surface area contributed by atoms with Gasteiger partial charge in [0.2, 0.25) is 5.91 Å². The van der Waals surface area contributed by atoms with Crippen molar-refractivity contribution in [3.05, 3.63) is 83.4 Å². The standard InChI is InChI=1S/C20H18ClN3O/c21-16-5-3-15(4-6-16)18-11-19(18)20(25)23-12-14-1-7-17(8-2-14)24-10-9-22-13-24/h1-10,13,18-19H,11-12H2,(H,23,25). The van der Waals surface area contributed by atoms with Crippen LogP contribution in [0.2, 0.25) is 5.02 Å². The minimum absolute atomic E-state index is 0.0754. The predicted molar refractivity (Wildman–Crippen MR) is 97.7 cm³/mol. The van der Waals surface area contributed by atoms with E-state index in [-0.39, 0.29) is 11.8 Å². The number of hydrogen-bond acceptors (Lipinski definition) is 2. The number of imidazole rings is 1. The molecule has 5 heteroatoms. The van der Waals surface area contributed by atoms with Gasteiger partial charge < -0.3 is 9.88 Å². The lowest BCUT2D eigenvalue weighted by Gasteiger charge is -2.07. The van der Waals surface area contributed by atoms with Gasteiger partial charge in [-0.1, -0.05) is 35.9 Å². The van der Waals surface area contributed by atoms with Crippen LogP contribution in [-0.4, -0.2) is 15.5 Å². The maximum atomic E-state index is 12.3. The highest BCUT2D eigenvalue weighted by molar-refractivity contribution is 6.30. The summed E-state index contributed by atoms with van der Waals surface area (Å²) in [7, 11) is 0. The van der Waals surface area contributed by atoms with Crippen LogP contribution in [0.3, 0.4) is 0 Å². The lowest BCUT2D eigenvalue weighted by atomic mass is 10.1. The Morgan fingerprint density at radius 2 is 1.92 bits per heavy atom. The largest absolute Gasteiger partial charge is 0.352 e. The Balaban J connectivity index is 1.31. The molecule has 0 bridgehead atoms. The molecule has 3 aromatic rings. The number of rotatable bonds is 5. The van der Waals surface area contributed by atoms with Crippen molar-refractivity contribution in [2.75, 3.05) is 0 Å². The predicted octanol–water partition coefficient (Wildman–Crippen LogP) is 3.95. The summed E-state index contributed by atoms with van der Waals surface area (Å²) in [6.45, 7) is 0.548. The third-order valence-electron chi connectivity index (χ3n) is 4.63. The average molecular weight is 352 g/mol. The monoisotopic (exact) mass is 351 g/mol. The van der Waals surface area contributed by atoms with Crippen molar-refractivity contribution in [3.63, 3.8) is 0 Å². The summed E-state index contributed by atoms with van der Waals surface area (Å²) < 4.78 is 1.95. The van der Waals surface area contributed by atoms with E-state index in [2.05, 4.69) is 10.3 Å². The van der Waals surface area contributed by atoms with Gasteiger partial charge in [0.1, 0.15) is 0 Å². The van der Waals surface area contributed by atoms with Crippen LogP contribution < -0.4 is 5.32 Å². The molecule has 1 saturated carbocycles. The van der Waals surface area contributed by atoms with Gasteiger partial charge in [-0.25, -0.2) is 4.98 Å². The normalized spacial score (nSPS) is 18.8. The fourth-order valence-electron chi connectivity index (χ4n) is 3.08. The molecule has 1 fully saturated rings. The second-order valence-corrected chi connectivity index (χ2v) is 6.79. The third-order valence-corrected chi connectivity index (χ3v) is 4.88. The van der Waals surface area contributed by atoms with E-state index in [1.165, 1.54) is 5.56 Å². The van der Waals surface area contributed by atoms with Crippen LogP contribution in [0.25, 0.3) is 5.69 Å². The highest BCUT2D eigenvalue weighted by Crippen LogP contribution is 2.47. The van der Waals surface area contributed by atoms with Gasteiger partial charge >= 0.3 is 0 Å². The summed E-state index contributed by atoms with van der Waals surface area (Å²) in [6, 6.07) is 15.9. The Morgan fingerprint density at radius 1 is 1.16 bits per heavy atom. The van der Waals surface area contributed by atoms with Gasteiger partial charge in [-0.05, 0) is 47.7 Å². The number of nitrogens with one attached hydrogen (secondary N) is 1. The molecule has 0 saturated heterocycles. The van der Waals surface area contributed by atoms with Gasteiger partial charge in [-0.2, -0.15) is 0 Å². The average Bonchev–Trinajstić information content (AvgIpc) is 3.25.